The van der Waals surface area contributed by atoms with Gasteiger partial charge in [0.15, 0.2) is 5.41 Å². The maximum Gasteiger partial charge on any atom is 0.329 e. The van der Waals surface area contributed by atoms with Crippen molar-refractivity contribution in [2.45, 2.75) is 70.1 Å². The van der Waals surface area contributed by atoms with Crippen molar-refractivity contribution < 1.29 is 33.5 Å². The minimum absolute atomic E-state index is 0.0749. The molecule has 0 bridgehead atoms. The van der Waals surface area contributed by atoms with Crippen molar-refractivity contribution in [1.29, 1.82) is 0 Å². The summed E-state index contributed by atoms with van der Waals surface area (Å²) in [7, 11) is 0. The number of fused-ring (bicyclic) bond motifs is 4. The summed E-state index contributed by atoms with van der Waals surface area (Å²) in [5.41, 5.74) is -0.568. The standard InChI is InChI=1S/C24H28N2O8/c1-2-32-20(27)15-8-11-25-18-7-6-17(26(30)31)12-16(18)14-24(19(25)13-15)21(28)33-23(34-22(24)29)9-4-3-5-10-23/h6-7,12,15,19H,2-5,8-11,13-14H2,1H3. The van der Waals surface area contributed by atoms with Crippen LogP contribution in [0.25, 0.3) is 0 Å². The number of hydrogen-bond acceptors (Lipinski definition) is 9. The van der Waals surface area contributed by atoms with Crippen LogP contribution in [0.3, 0.4) is 0 Å². The maximum absolute atomic E-state index is 13.7. The minimum Gasteiger partial charge on any atom is -0.466 e. The van der Waals surface area contributed by atoms with Gasteiger partial charge in [0.1, 0.15) is 0 Å². The van der Waals surface area contributed by atoms with E-state index in [1.807, 2.05) is 4.90 Å². The highest BCUT2D eigenvalue weighted by molar-refractivity contribution is 6.04. The summed E-state index contributed by atoms with van der Waals surface area (Å²) in [5, 5.41) is 11.4. The fraction of sp³-hybridized carbons (Fsp3) is 0.625. The molecule has 1 saturated carbocycles. The average Bonchev–Trinajstić information content (AvgIpc) is 2.82. The number of carbonyl (C=O) groups is 3. The Morgan fingerprint density at radius 2 is 1.91 bits per heavy atom. The van der Waals surface area contributed by atoms with E-state index in [1.165, 1.54) is 12.1 Å². The highest BCUT2D eigenvalue weighted by atomic mass is 16.7. The minimum atomic E-state index is -1.70. The van der Waals surface area contributed by atoms with E-state index in [2.05, 4.69) is 0 Å². The predicted octanol–water partition coefficient (Wildman–Crippen LogP) is 3.05. The lowest BCUT2D eigenvalue weighted by Crippen LogP contribution is -2.68. The van der Waals surface area contributed by atoms with Gasteiger partial charge in [0.2, 0.25) is 0 Å². The molecule has 3 aliphatic heterocycles. The number of rotatable bonds is 3. The lowest BCUT2D eigenvalue weighted by molar-refractivity contribution is -0.384. The molecule has 1 aromatic rings. The van der Waals surface area contributed by atoms with Crippen LogP contribution in [0.1, 0.15) is 57.4 Å². The molecule has 0 radical (unpaired) electrons. The molecule has 10 nitrogen and oxygen atoms in total. The van der Waals surface area contributed by atoms with Crippen LogP contribution in [0.15, 0.2) is 18.2 Å². The van der Waals surface area contributed by atoms with E-state index in [-0.39, 0.29) is 31.1 Å². The monoisotopic (exact) mass is 472 g/mol. The van der Waals surface area contributed by atoms with Crippen LogP contribution in [0.5, 0.6) is 0 Å². The van der Waals surface area contributed by atoms with Gasteiger partial charge >= 0.3 is 17.9 Å². The first kappa shape index (κ1) is 22.6. The van der Waals surface area contributed by atoms with Gasteiger partial charge in [0.05, 0.1) is 23.5 Å². The molecule has 2 spiro atoms. The quantitative estimate of drug-likeness (QED) is 0.282. The summed E-state index contributed by atoms with van der Waals surface area (Å²) in [4.78, 5) is 52.9. The first-order valence-corrected chi connectivity index (χ1v) is 12.0. The second-order valence-corrected chi connectivity index (χ2v) is 9.65. The number of nitro benzene ring substituents is 1. The van der Waals surface area contributed by atoms with E-state index < -0.39 is 40.0 Å². The zero-order chi connectivity index (χ0) is 24.1. The highest BCUT2D eigenvalue weighted by Crippen LogP contribution is 2.52. The molecule has 3 fully saturated rings. The lowest BCUT2D eigenvalue weighted by atomic mass is 9.66. The van der Waals surface area contributed by atoms with Crippen molar-refractivity contribution in [3.8, 4) is 0 Å². The normalized spacial score (nSPS) is 26.8. The van der Waals surface area contributed by atoms with E-state index in [0.29, 0.717) is 31.4 Å². The number of hydrogen-bond donors (Lipinski definition) is 0. The SMILES string of the molecule is CCOC(=O)C1CCN2c3ccc([N+](=O)[O-])cc3CC3(C(=O)OC4(CCCCC4)OC3=O)C2C1. The van der Waals surface area contributed by atoms with Crippen molar-refractivity contribution in [3.05, 3.63) is 33.9 Å². The van der Waals surface area contributed by atoms with Crippen LogP contribution >= 0.6 is 0 Å². The molecule has 2 atom stereocenters. The molecule has 10 heteroatoms. The number of nitrogens with zero attached hydrogens (tertiary/aromatic N) is 2. The Morgan fingerprint density at radius 3 is 2.56 bits per heavy atom. The van der Waals surface area contributed by atoms with Crippen molar-refractivity contribution in [1.82, 2.24) is 0 Å². The first-order valence-electron chi connectivity index (χ1n) is 12.0. The molecule has 3 heterocycles. The summed E-state index contributed by atoms with van der Waals surface area (Å²) >= 11 is 0. The molecular weight excluding hydrogens is 444 g/mol. The van der Waals surface area contributed by atoms with Gasteiger partial charge in [-0.25, -0.2) is 0 Å². The molecule has 34 heavy (non-hydrogen) atoms. The van der Waals surface area contributed by atoms with Crippen LogP contribution in [0, 0.1) is 21.4 Å². The van der Waals surface area contributed by atoms with E-state index >= 15 is 0 Å². The van der Waals surface area contributed by atoms with Crippen molar-refractivity contribution in [2.75, 3.05) is 18.1 Å². The molecule has 4 aliphatic rings. The molecule has 2 saturated heterocycles. The number of non-ortho nitro benzene ring substituents is 1. The number of piperidine rings is 1. The van der Waals surface area contributed by atoms with Crippen LogP contribution in [0.2, 0.25) is 0 Å². The van der Waals surface area contributed by atoms with Gasteiger partial charge in [-0.15, -0.1) is 0 Å². The Kier molecular flexibility index (Phi) is 5.49. The van der Waals surface area contributed by atoms with Gasteiger partial charge in [-0.05, 0) is 44.2 Å². The Labute approximate surface area is 196 Å². The number of ether oxygens (including phenoxy) is 3. The van der Waals surface area contributed by atoms with Gasteiger partial charge < -0.3 is 19.1 Å². The largest absolute Gasteiger partial charge is 0.466 e. The molecule has 2 unspecified atom stereocenters. The lowest BCUT2D eigenvalue weighted by Gasteiger charge is -2.55. The third kappa shape index (κ3) is 3.42. The molecule has 1 aromatic carbocycles. The van der Waals surface area contributed by atoms with E-state index in [1.54, 1.807) is 13.0 Å². The van der Waals surface area contributed by atoms with Crippen LogP contribution in [-0.4, -0.2) is 47.8 Å². The Balaban J connectivity index is 1.57. The van der Waals surface area contributed by atoms with Gasteiger partial charge in [0.25, 0.3) is 11.5 Å². The highest BCUT2D eigenvalue weighted by Gasteiger charge is 2.66. The van der Waals surface area contributed by atoms with Crippen LogP contribution in [-0.2, 0) is 35.0 Å². The van der Waals surface area contributed by atoms with Crippen molar-refractivity contribution in [2.24, 2.45) is 11.3 Å². The molecule has 0 N–H and O–H groups in total. The third-order valence-electron chi connectivity index (χ3n) is 7.75. The molecule has 0 aromatic heterocycles. The third-order valence-corrected chi connectivity index (χ3v) is 7.75. The average molecular weight is 472 g/mol. The van der Waals surface area contributed by atoms with E-state index in [4.69, 9.17) is 14.2 Å². The van der Waals surface area contributed by atoms with Crippen LogP contribution in [0.4, 0.5) is 11.4 Å². The summed E-state index contributed by atoms with van der Waals surface area (Å²) in [6.07, 6.45) is 4.13. The topological polar surface area (TPSA) is 125 Å². The molecule has 0 amide bonds. The second-order valence-electron chi connectivity index (χ2n) is 9.65. The number of benzene rings is 1. The first-order chi connectivity index (χ1) is 16.3. The number of esters is 3. The van der Waals surface area contributed by atoms with Gasteiger partial charge in [-0.3, -0.25) is 24.5 Å². The van der Waals surface area contributed by atoms with Gasteiger partial charge in [-0.1, -0.05) is 6.42 Å². The molecule has 5 rings (SSSR count). The Hall–Kier alpha value is -3.17. The fourth-order valence-electron chi connectivity index (χ4n) is 6.06. The molecular formula is C24H28N2O8. The smallest absolute Gasteiger partial charge is 0.329 e. The number of carbonyl (C=O) groups excluding carboxylic acids is 3. The number of nitro groups is 1. The summed E-state index contributed by atoms with van der Waals surface area (Å²) in [6.45, 7) is 2.37. The molecule has 1 aliphatic carbocycles. The second kappa shape index (κ2) is 8.25. The van der Waals surface area contributed by atoms with E-state index in [0.717, 1.165) is 24.9 Å². The number of anilines is 1. The predicted molar refractivity (Wildman–Crippen MR) is 118 cm³/mol. The van der Waals surface area contributed by atoms with Gasteiger partial charge in [-0.2, -0.15) is 0 Å². The van der Waals surface area contributed by atoms with E-state index in [9.17, 15) is 24.5 Å². The van der Waals surface area contributed by atoms with Crippen LogP contribution < -0.4 is 4.90 Å². The Morgan fingerprint density at radius 1 is 1.21 bits per heavy atom. The fourth-order valence-corrected chi connectivity index (χ4v) is 6.06. The summed E-state index contributed by atoms with van der Waals surface area (Å²) < 4.78 is 17.0. The van der Waals surface area contributed by atoms with Crippen molar-refractivity contribution in [3.63, 3.8) is 0 Å². The summed E-state index contributed by atoms with van der Waals surface area (Å²) in [6, 6.07) is 3.81. The summed E-state index contributed by atoms with van der Waals surface area (Å²) in [5.74, 6) is -3.39. The maximum atomic E-state index is 13.7. The van der Waals surface area contributed by atoms with Crippen molar-refractivity contribution >= 4 is 29.3 Å². The van der Waals surface area contributed by atoms with Gasteiger partial charge in [0, 0.05) is 43.6 Å². The Bertz CT molecular complexity index is 1030. The zero-order valence-corrected chi connectivity index (χ0v) is 19.1. The molecule has 182 valence electrons. The zero-order valence-electron chi connectivity index (χ0n) is 19.1.